The first-order valence-corrected chi connectivity index (χ1v) is 7.39. The van der Waals surface area contributed by atoms with Gasteiger partial charge in [0.2, 0.25) is 5.91 Å². The minimum absolute atomic E-state index is 0.280. The summed E-state index contributed by atoms with van der Waals surface area (Å²) in [4.78, 5) is 15.7. The highest BCUT2D eigenvalue weighted by atomic mass is 32.2. The van der Waals surface area contributed by atoms with Gasteiger partial charge in [0.25, 0.3) is 0 Å². The van der Waals surface area contributed by atoms with Gasteiger partial charge in [0, 0.05) is 5.75 Å². The van der Waals surface area contributed by atoms with Crippen molar-refractivity contribution < 1.29 is 9.18 Å². The zero-order valence-corrected chi connectivity index (χ0v) is 11.3. The van der Waals surface area contributed by atoms with E-state index in [0.29, 0.717) is 6.42 Å². The summed E-state index contributed by atoms with van der Waals surface area (Å²) in [5.41, 5.74) is 6.29. The summed E-state index contributed by atoms with van der Waals surface area (Å²) < 4.78 is 13.7. The van der Waals surface area contributed by atoms with Crippen molar-refractivity contribution in [1.82, 2.24) is 0 Å². The maximum absolute atomic E-state index is 12.8. The molecular weight excluding hydrogens is 271 g/mol. The lowest BCUT2D eigenvalue weighted by molar-refractivity contribution is -0.117. The molecule has 1 aliphatic heterocycles. The van der Waals surface area contributed by atoms with Crippen molar-refractivity contribution in [2.24, 2.45) is 10.7 Å². The normalized spacial score (nSPS) is 16.4. The lowest BCUT2D eigenvalue weighted by Gasteiger charge is -2.12. The van der Waals surface area contributed by atoms with Crippen LogP contribution in [0.1, 0.15) is 5.56 Å². The maximum Gasteiger partial charge on any atom is 0.231 e. The van der Waals surface area contributed by atoms with Gasteiger partial charge in [0.15, 0.2) is 0 Å². The van der Waals surface area contributed by atoms with E-state index in [1.54, 1.807) is 23.9 Å². The number of hydrogen-bond acceptors (Lipinski definition) is 4. The molecule has 2 rings (SSSR count). The van der Waals surface area contributed by atoms with Crippen LogP contribution in [0.2, 0.25) is 0 Å². The van der Waals surface area contributed by atoms with Gasteiger partial charge in [-0.3, -0.25) is 9.79 Å². The van der Waals surface area contributed by atoms with Crippen LogP contribution in [0.3, 0.4) is 0 Å². The molecule has 0 saturated heterocycles. The molecule has 0 aromatic heterocycles. The number of amides is 1. The van der Waals surface area contributed by atoms with Crippen molar-refractivity contribution in [3.8, 4) is 0 Å². The quantitative estimate of drug-likeness (QED) is 0.920. The van der Waals surface area contributed by atoms with Crippen molar-refractivity contribution in [2.75, 3.05) is 12.3 Å². The molecule has 1 heterocycles. The number of benzene rings is 1. The minimum atomic E-state index is -0.362. The van der Waals surface area contributed by atoms with E-state index in [4.69, 9.17) is 5.73 Å². The molecule has 1 amide bonds. The second-order valence-corrected chi connectivity index (χ2v) is 6.37. The number of thioether (sulfide) groups is 2. The van der Waals surface area contributed by atoms with Crippen molar-refractivity contribution in [2.45, 2.75) is 11.7 Å². The molecule has 0 spiro atoms. The molecule has 1 aromatic rings. The number of carbonyl (C=O) groups excluding carboxylic acids is 1. The molecule has 1 aliphatic rings. The Kier molecular flexibility index (Phi) is 4.66. The van der Waals surface area contributed by atoms with Crippen LogP contribution in [0.5, 0.6) is 0 Å². The van der Waals surface area contributed by atoms with Crippen LogP contribution in [0.15, 0.2) is 29.3 Å². The van der Waals surface area contributed by atoms with Crippen LogP contribution >= 0.6 is 23.5 Å². The van der Waals surface area contributed by atoms with Crippen LogP contribution in [-0.4, -0.2) is 27.8 Å². The predicted molar refractivity (Wildman–Crippen MR) is 75.4 cm³/mol. The van der Waals surface area contributed by atoms with E-state index < -0.39 is 0 Å². The molecule has 0 radical (unpaired) electrons. The molecule has 96 valence electrons. The summed E-state index contributed by atoms with van der Waals surface area (Å²) in [5, 5.41) is -0.347. The second-order valence-electron chi connectivity index (χ2n) is 3.84. The van der Waals surface area contributed by atoms with Gasteiger partial charge in [-0.05, 0) is 24.1 Å². The van der Waals surface area contributed by atoms with Gasteiger partial charge in [-0.15, -0.1) is 0 Å². The average Bonchev–Trinajstić information content (AvgIpc) is 2.84. The molecule has 6 heteroatoms. The topological polar surface area (TPSA) is 55.5 Å². The zero-order chi connectivity index (χ0) is 13.0. The first kappa shape index (κ1) is 13.4. The SMILES string of the molecule is NC(=O)[C@H](Cc1ccc(F)cc1)SC1=NCCS1. The zero-order valence-electron chi connectivity index (χ0n) is 9.64. The molecule has 0 unspecified atom stereocenters. The van der Waals surface area contributed by atoms with Crippen molar-refractivity contribution in [3.05, 3.63) is 35.6 Å². The fourth-order valence-corrected chi connectivity index (χ4v) is 3.75. The Morgan fingerprint density at radius 3 is 2.78 bits per heavy atom. The largest absolute Gasteiger partial charge is 0.369 e. The summed E-state index contributed by atoms with van der Waals surface area (Å²) in [6, 6.07) is 6.13. The van der Waals surface area contributed by atoms with Gasteiger partial charge in [-0.1, -0.05) is 35.7 Å². The third-order valence-electron chi connectivity index (χ3n) is 2.45. The van der Waals surface area contributed by atoms with Gasteiger partial charge < -0.3 is 5.73 Å². The second kappa shape index (κ2) is 6.24. The van der Waals surface area contributed by atoms with E-state index in [-0.39, 0.29) is 17.0 Å². The fraction of sp³-hybridized carbons (Fsp3) is 0.333. The number of nitrogens with two attached hydrogens (primary N) is 1. The van der Waals surface area contributed by atoms with Gasteiger partial charge in [-0.25, -0.2) is 4.39 Å². The minimum Gasteiger partial charge on any atom is -0.369 e. The smallest absolute Gasteiger partial charge is 0.231 e. The fourth-order valence-electron chi connectivity index (χ4n) is 1.54. The molecule has 1 aromatic carbocycles. The van der Waals surface area contributed by atoms with Crippen LogP contribution in [0.25, 0.3) is 0 Å². The van der Waals surface area contributed by atoms with Crippen LogP contribution in [0, 0.1) is 5.82 Å². The molecular formula is C12H13FN2OS2. The number of rotatable bonds is 4. The summed E-state index contributed by atoms with van der Waals surface area (Å²) in [5.74, 6) is 0.321. The van der Waals surface area contributed by atoms with Crippen LogP contribution < -0.4 is 5.73 Å². The number of carbonyl (C=O) groups is 1. The third kappa shape index (κ3) is 3.74. The van der Waals surface area contributed by atoms with Gasteiger partial charge >= 0.3 is 0 Å². The van der Waals surface area contributed by atoms with Crippen molar-refractivity contribution in [3.63, 3.8) is 0 Å². The Hall–Kier alpha value is -1.01. The average molecular weight is 284 g/mol. The summed E-state index contributed by atoms with van der Waals surface area (Å²) >= 11 is 3.05. The Bertz CT molecular complexity index is 462. The first-order chi connectivity index (χ1) is 8.65. The molecule has 0 fully saturated rings. The molecule has 0 aliphatic carbocycles. The maximum atomic E-state index is 12.8. The highest BCUT2D eigenvalue weighted by Crippen LogP contribution is 2.27. The first-order valence-electron chi connectivity index (χ1n) is 5.53. The van der Waals surface area contributed by atoms with Gasteiger partial charge in [0.05, 0.1) is 11.8 Å². The summed E-state index contributed by atoms with van der Waals surface area (Å²) in [6.07, 6.45) is 0.500. The Balaban J connectivity index is 2.01. The Morgan fingerprint density at radius 1 is 1.50 bits per heavy atom. The number of halogens is 1. The van der Waals surface area contributed by atoms with E-state index in [0.717, 1.165) is 22.2 Å². The lowest BCUT2D eigenvalue weighted by Crippen LogP contribution is -2.28. The van der Waals surface area contributed by atoms with Crippen molar-refractivity contribution in [1.29, 1.82) is 0 Å². The van der Waals surface area contributed by atoms with Crippen LogP contribution in [-0.2, 0) is 11.2 Å². The monoisotopic (exact) mass is 284 g/mol. The molecule has 2 N–H and O–H groups in total. The van der Waals surface area contributed by atoms with Crippen molar-refractivity contribution >= 4 is 33.8 Å². The number of primary amides is 1. The Labute approximate surface area is 113 Å². The molecule has 0 saturated carbocycles. The standard InChI is InChI=1S/C12H13FN2OS2/c13-9-3-1-8(2-4-9)7-10(11(14)16)18-12-15-5-6-17-12/h1-4,10H,5-7H2,(H2,14,16)/t10-/m0/s1. The number of aliphatic imine (C=N–C) groups is 1. The highest BCUT2D eigenvalue weighted by Gasteiger charge is 2.21. The van der Waals surface area contributed by atoms with Gasteiger partial charge in [-0.2, -0.15) is 0 Å². The van der Waals surface area contributed by atoms with E-state index >= 15 is 0 Å². The van der Waals surface area contributed by atoms with E-state index in [9.17, 15) is 9.18 Å². The lowest BCUT2D eigenvalue weighted by atomic mass is 10.1. The van der Waals surface area contributed by atoms with Crippen LogP contribution in [0.4, 0.5) is 4.39 Å². The van der Waals surface area contributed by atoms with Gasteiger partial charge in [0.1, 0.15) is 10.2 Å². The molecule has 18 heavy (non-hydrogen) atoms. The third-order valence-corrected chi connectivity index (χ3v) is 4.87. The molecule has 0 bridgehead atoms. The number of nitrogens with zero attached hydrogens (tertiary/aromatic N) is 1. The predicted octanol–water partition coefficient (Wildman–Crippen LogP) is 2.06. The van der Waals surface area contributed by atoms with E-state index in [2.05, 4.69) is 4.99 Å². The summed E-state index contributed by atoms with van der Waals surface area (Å²) in [6.45, 7) is 0.801. The van der Waals surface area contributed by atoms with E-state index in [1.807, 2.05) is 0 Å². The highest BCUT2D eigenvalue weighted by molar-refractivity contribution is 8.39. The molecule has 3 nitrogen and oxygen atoms in total. The summed E-state index contributed by atoms with van der Waals surface area (Å²) in [7, 11) is 0. The van der Waals surface area contributed by atoms with E-state index in [1.165, 1.54) is 23.9 Å². The number of hydrogen-bond donors (Lipinski definition) is 1. The molecule has 1 atom stereocenters. The Morgan fingerprint density at radius 2 is 2.22 bits per heavy atom.